The van der Waals surface area contributed by atoms with Gasteiger partial charge in [-0.2, -0.15) is 0 Å². The number of fused-ring (bicyclic) bond motifs is 1. The minimum Gasteiger partial charge on any atom is -0.451 e. The highest BCUT2D eigenvalue weighted by molar-refractivity contribution is 5.96. The lowest BCUT2D eigenvalue weighted by atomic mass is 10.1. The maximum absolute atomic E-state index is 11.9. The van der Waals surface area contributed by atoms with Crippen LogP contribution >= 0.6 is 0 Å². The van der Waals surface area contributed by atoms with Crippen LogP contribution in [0.4, 0.5) is 0 Å². The zero-order valence-corrected chi connectivity index (χ0v) is 11.3. The van der Waals surface area contributed by atoms with Crippen molar-refractivity contribution in [2.45, 2.75) is 20.3 Å². The van der Waals surface area contributed by atoms with Gasteiger partial charge in [-0.1, -0.05) is 18.6 Å². The van der Waals surface area contributed by atoms with Crippen LogP contribution in [0.3, 0.4) is 0 Å². The van der Waals surface area contributed by atoms with E-state index in [0.717, 1.165) is 16.5 Å². The van der Waals surface area contributed by atoms with Crippen molar-refractivity contribution < 1.29 is 14.3 Å². The van der Waals surface area contributed by atoms with E-state index in [-0.39, 0.29) is 18.4 Å². The fourth-order valence-electron chi connectivity index (χ4n) is 1.95. The Morgan fingerprint density at radius 1 is 1.42 bits per heavy atom. The molecule has 1 aromatic carbocycles. The third-order valence-electron chi connectivity index (χ3n) is 3.13. The van der Waals surface area contributed by atoms with E-state index in [1.807, 2.05) is 32.0 Å². The average Bonchev–Trinajstić information content (AvgIpc) is 2.79. The van der Waals surface area contributed by atoms with Crippen LogP contribution in [0.1, 0.15) is 29.5 Å². The molecule has 0 saturated heterocycles. The fraction of sp³-hybridized carbons (Fsp3) is 0.400. The van der Waals surface area contributed by atoms with E-state index in [1.54, 1.807) is 6.07 Å². The van der Waals surface area contributed by atoms with Crippen molar-refractivity contribution in [2.24, 2.45) is 5.92 Å². The summed E-state index contributed by atoms with van der Waals surface area (Å²) in [4.78, 5) is 11.9. The molecule has 0 bridgehead atoms. The fourth-order valence-corrected chi connectivity index (χ4v) is 1.95. The molecule has 1 aromatic heterocycles. The zero-order chi connectivity index (χ0) is 13.8. The summed E-state index contributed by atoms with van der Waals surface area (Å²) in [6, 6.07) is 7.57. The first-order chi connectivity index (χ1) is 9.10. The minimum absolute atomic E-state index is 0.140. The van der Waals surface area contributed by atoms with E-state index in [1.165, 1.54) is 0 Å². The normalized spacial score (nSPS) is 12.6. The first kappa shape index (κ1) is 13.6. The molecular weight excluding hydrogens is 242 g/mol. The number of carbonyl (C=O) groups excluding carboxylic acids is 1. The zero-order valence-electron chi connectivity index (χ0n) is 11.3. The van der Waals surface area contributed by atoms with Gasteiger partial charge in [0.1, 0.15) is 5.58 Å². The molecule has 2 aromatic rings. The number of amides is 1. The summed E-state index contributed by atoms with van der Waals surface area (Å²) in [5, 5.41) is 12.6. The molecule has 1 amide bonds. The van der Waals surface area contributed by atoms with Gasteiger partial charge in [0.15, 0.2) is 5.76 Å². The molecular formula is C15H19NO3. The molecule has 1 atom stereocenters. The maximum Gasteiger partial charge on any atom is 0.287 e. The third-order valence-corrected chi connectivity index (χ3v) is 3.13. The summed E-state index contributed by atoms with van der Waals surface area (Å²) in [6.07, 6.45) is 0.680. The topological polar surface area (TPSA) is 62.5 Å². The lowest BCUT2D eigenvalue weighted by Gasteiger charge is -2.09. The van der Waals surface area contributed by atoms with Gasteiger partial charge < -0.3 is 14.8 Å². The molecule has 1 unspecified atom stereocenters. The summed E-state index contributed by atoms with van der Waals surface area (Å²) in [5.74, 6) is 0.371. The molecule has 0 spiro atoms. The molecule has 2 N–H and O–H groups in total. The number of rotatable bonds is 5. The highest BCUT2D eigenvalue weighted by Gasteiger charge is 2.13. The van der Waals surface area contributed by atoms with Crippen LogP contribution in [0.25, 0.3) is 11.0 Å². The number of hydrogen-bond acceptors (Lipinski definition) is 3. The Hall–Kier alpha value is -1.81. The number of carbonyl (C=O) groups is 1. The monoisotopic (exact) mass is 261 g/mol. The van der Waals surface area contributed by atoms with Crippen LogP contribution in [0.2, 0.25) is 0 Å². The summed E-state index contributed by atoms with van der Waals surface area (Å²) in [6.45, 7) is 4.66. The van der Waals surface area contributed by atoms with Crippen molar-refractivity contribution in [1.82, 2.24) is 5.32 Å². The Balaban J connectivity index is 2.05. The predicted molar refractivity (Wildman–Crippen MR) is 74.2 cm³/mol. The lowest BCUT2D eigenvalue weighted by molar-refractivity contribution is 0.0920. The Bertz CT molecular complexity index is 574. The number of aliphatic hydroxyl groups excluding tert-OH is 1. The van der Waals surface area contributed by atoms with Gasteiger partial charge in [-0.3, -0.25) is 4.79 Å². The van der Waals surface area contributed by atoms with Crippen molar-refractivity contribution in [1.29, 1.82) is 0 Å². The summed E-state index contributed by atoms with van der Waals surface area (Å²) in [5.41, 5.74) is 1.86. The molecule has 0 fully saturated rings. The van der Waals surface area contributed by atoms with Crippen LogP contribution in [-0.4, -0.2) is 24.2 Å². The summed E-state index contributed by atoms with van der Waals surface area (Å²) < 4.78 is 5.52. The quantitative estimate of drug-likeness (QED) is 0.869. The van der Waals surface area contributed by atoms with Gasteiger partial charge in [0.2, 0.25) is 0 Å². The highest BCUT2D eigenvalue weighted by atomic mass is 16.3. The molecule has 4 heteroatoms. The van der Waals surface area contributed by atoms with Gasteiger partial charge in [-0.25, -0.2) is 0 Å². The molecule has 0 radical (unpaired) electrons. The standard InChI is InChI=1S/C15H19NO3/c1-10-3-4-13-12(7-10)8-14(19-13)15(18)16-9-11(2)5-6-17/h3-4,7-8,11,17H,5-6,9H2,1-2H3,(H,16,18). The van der Waals surface area contributed by atoms with Gasteiger partial charge in [0.25, 0.3) is 5.91 Å². The highest BCUT2D eigenvalue weighted by Crippen LogP contribution is 2.20. The molecule has 19 heavy (non-hydrogen) atoms. The SMILES string of the molecule is Cc1ccc2oc(C(=O)NCC(C)CCO)cc2c1. The van der Waals surface area contributed by atoms with E-state index in [0.29, 0.717) is 18.7 Å². The Morgan fingerprint density at radius 2 is 2.21 bits per heavy atom. The van der Waals surface area contributed by atoms with Crippen LogP contribution in [-0.2, 0) is 0 Å². The molecule has 0 saturated carbocycles. The van der Waals surface area contributed by atoms with Gasteiger partial charge in [0.05, 0.1) is 0 Å². The number of aryl methyl sites for hydroxylation is 1. The van der Waals surface area contributed by atoms with Gasteiger partial charge in [-0.05, 0) is 37.5 Å². The van der Waals surface area contributed by atoms with E-state index in [4.69, 9.17) is 9.52 Å². The van der Waals surface area contributed by atoms with Crippen molar-refractivity contribution in [3.05, 3.63) is 35.6 Å². The maximum atomic E-state index is 11.9. The number of hydrogen-bond donors (Lipinski definition) is 2. The van der Waals surface area contributed by atoms with E-state index >= 15 is 0 Å². The average molecular weight is 261 g/mol. The van der Waals surface area contributed by atoms with E-state index in [9.17, 15) is 4.79 Å². The number of benzene rings is 1. The third kappa shape index (κ3) is 3.35. The summed E-state index contributed by atoms with van der Waals surface area (Å²) in [7, 11) is 0. The number of aliphatic hydroxyl groups is 1. The van der Waals surface area contributed by atoms with Crippen LogP contribution in [0, 0.1) is 12.8 Å². The summed E-state index contributed by atoms with van der Waals surface area (Å²) >= 11 is 0. The van der Waals surface area contributed by atoms with Gasteiger partial charge in [-0.15, -0.1) is 0 Å². The molecule has 0 aliphatic carbocycles. The minimum atomic E-state index is -0.210. The Labute approximate surface area is 112 Å². The smallest absolute Gasteiger partial charge is 0.287 e. The van der Waals surface area contributed by atoms with Crippen LogP contribution < -0.4 is 5.32 Å². The van der Waals surface area contributed by atoms with Crippen molar-refractivity contribution in [3.63, 3.8) is 0 Å². The van der Waals surface area contributed by atoms with E-state index < -0.39 is 0 Å². The second kappa shape index (κ2) is 5.89. The lowest BCUT2D eigenvalue weighted by Crippen LogP contribution is -2.28. The van der Waals surface area contributed by atoms with Crippen LogP contribution in [0.5, 0.6) is 0 Å². The van der Waals surface area contributed by atoms with Crippen molar-refractivity contribution in [2.75, 3.05) is 13.2 Å². The first-order valence-corrected chi connectivity index (χ1v) is 6.49. The first-order valence-electron chi connectivity index (χ1n) is 6.49. The van der Waals surface area contributed by atoms with Crippen molar-refractivity contribution >= 4 is 16.9 Å². The van der Waals surface area contributed by atoms with Crippen molar-refractivity contribution in [3.8, 4) is 0 Å². The predicted octanol–water partition coefficient (Wildman–Crippen LogP) is 2.49. The van der Waals surface area contributed by atoms with Gasteiger partial charge in [0, 0.05) is 18.5 Å². The Kier molecular flexibility index (Phi) is 4.22. The second-order valence-corrected chi connectivity index (χ2v) is 4.98. The molecule has 4 nitrogen and oxygen atoms in total. The van der Waals surface area contributed by atoms with Gasteiger partial charge >= 0.3 is 0 Å². The molecule has 102 valence electrons. The number of furan rings is 1. The molecule has 1 heterocycles. The van der Waals surface area contributed by atoms with E-state index in [2.05, 4.69) is 5.32 Å². The largest absolute Gasteiger partial charge is 0.451 e. The molecule has 2 rings (SSSR count). The Morgan fingerprint density at radius 3 is 2.95 bits per heavy atom. The molecule has 0 aliphatic rings. The second-order valence-electron chi connectivity index (χ2n) is 4.98. The van der Waals surface area contributed by atoms with Crippen LogP contribution in [0.15, 0.2) is 28.7 Å². The number of nitrogens with one attached hydrogen (secondary N) is 1. The molecule has 0 aliphatic heterocycles.